The minimum absolute atomic E-state index is 0.0446. The van der Waals surface area contributed by atoms with Gasteiger partial charge in [-0.3, -0.25) is 4.79 Å². The zero-order valence-electron chi connectivity index (χ0n) is 15.3. The highest BCUT2D eigenvalue weighted by molar-refractivity contribution is 7.17. The van der Waals surface area contributed by atoms with Crippen LogP contribution in [0.4, 0.5) is 23.1 Å². The van der Waals surface area contributed by atoms with Crippen LogP contribution in [-0.2, 0) is 11.2 Å². The van der Waals surface area contributed by atoms with E-state index < -0.39 is 0 Å². The van der Waals surface area contributed by atoms with E-state index in [2.05, 4.69) is 25.9 Å². The molecular weight excluding hydrogens is 370 g/mol. The standard InChI is InChI=1S/C21H19N5OS/c1-22-20-19-17(11-12-28-19)25-21(26-20)24-16-9-7-15(8-10-16)23-18(27)13-14-5-3-2-4-6-14/h2-12H,13H2,1H3,(H,23,27)(H2,22,24,25,26). The van der Waals surface area contributed by atoms with Gasteiger partial charge < -0.3 is 16.0 Å². The van der Waals surface area contributed by atoms with E-state index in [4.69, 9.17) is 0 Å². The lowest BCUT2D eigenvalue weighted by Crippen LogP contribution is -2.14. The lowest BCUT2D eigenvalue weighted by molar-refractivity contribution is -0.115. The molecule has 2 aromatic heterocycles. The SMILES string of the molecule is CNc1nc(Nc2ccc(NC(=O)Cc3ccccc3)cc2)nc2ccsc12. The number of benzene rings is 2. The van der Waals surface area contributed by atoms with Crippen LogP contribution in [0.2, 0.25) is 0 Å². The summed E-state index contributed by atoms with van der Waals surface area (Å²) in [5, 5.41) is 11.2. The van der Waals surface area contributed by atoms with Crippen molar-refractivity contribution in [2.45, 2.75) is 6.42 Å². The summed E-state index contributed by atoms with van der Waals surface area (Å²) >= 11 is 1.61. The Labute approximate surface area is 166 Å². The molecule has 3 N–H and O–H groups in total. The lowest BCUT2D eigenvalue weighted by atomic mass is 10.1. The maximum atomic E-state index is 12.2. The lowest BCUT2D eigenvalue weighted by Gasteiger charge is -2.09. The van der Waals surface area contributed by atoms with Gasteiger partial charge in [-0.25, -0.2) is 4.98 Å². The molecule has 0 aliphatic carbocycles. The summed E-state index contributed by atoms with van der Waals surface area (Å²) in [5.41, 5.74) is 3.48. The fourth-order valence-corrected chi connectivity index (χ4v) is 3.67. The highest BCUT2D eigenvalue weighted by Crippen LogP contribution is 2.28. The largest absolute Gasteiger partial charge is 0.372 e. The Morgan fingerprint density at radius 2 is 1.71 bits per heavy atom. The molecule has 140 valence electrons. The summed E-state index contributed by atoms with van der Waals surface area (Å²) in [6.07, 6.45) is 0.349. The van der Waals surface area contributed by atoms with Crippen LogP contribution in [0.15, 0.2) is 66.0 Å². The smallest absolute Gasteiger partial charge is 0.229 e. The predicted octanol–water partition coefficient (Wildman–Crippen LogP) is 4.66. The van der Waals surface area contributed by atoms with E-state index in [0.717, 1.165) is 33.0 Å². The van der Waals surface area contributed by atoms with E-state index >= 15 is 0 Å². The Kier molecular flexibility index (Phi) is 5.16. The molecule has 0 aliphatic heterocycles. The normalized spacial score (nSPS) is 10.6. The summed E-state index contributed by atoms with van der Waals surface area (Å²) in [6, 6.07) is 19.1. The van der Waals surface area contributed by atoms with Crippen LogP contribution in [0.1, 0.15) is 5.56 Å². The maximum absolute atomic E-state index is 12.2. The first-order valence-electron chi connectivity index (χ1n) is 8.85. The fourth-order valence-electron chi connectivity index (χ4n) is 2.84. The summed E-state index contributed by atoms with van der Waals surface area (Å²) in [5.74, 6) is 1.28. The third-order valence-corrected chi connectivity index (χ3v) is 5.08. The topological polar surface area (TPSA) is 78.9 Å². The first kappa shape index (κ1) is 17.9. The van der Waals surface area contributed by atoms with Crippen molar-refractivity contribution in [1.82, 2.24) is 9.97 Å². The summed E-state index contributed by atoms with van der Waals surface area (Å²) in [6.45, 7) is 0. The summed E-state index contributed by atoms with van der Waals surface area (Å²) in [4.78, 5) is 21.2. The third-order valence-electron chi connectivity index (χ3n) is 4.17. The number of fused-ring (bicyclic) bond motifs is 1. The monoisotopic (exact) mass is 389 g/mol. The average molecular weight is 389 g/mol. The van der Waals surface area contributed by atoms with Gasteiger partial charge in [-0.1, -0.05) is 30.3 Å². The molecule has 2 heterocycles. The molecule has 0 radical (unpaired) electrons. The van der Waals surface area contributed by atoms with Crippen molar-refractivity contribution in [2.75, 3.05) is 23.0 Å². The molecule has 0 bridgehead atoms. The van der Waals surface area contributed by atoms with E-state index in [1.54, 1.807) is 11.3 Å². The van der Waals surface area contributed by atoms with Gasteiger partial charge >= 0.3 is 0 Å². The first-order chi connectivity index (χ1) is 13.7. The van der Waals surface area contributed by atoms with E-state index in [9.17, 15) is 4.79 Å². The fraction of sp³-hybridized carbons (Fsp3) is 0.0952. The summed E-state index contributed by atoms with van der Waals surface area (Å²) < 4.78 is 1.03. The number of carbonyl (C=O) groups excluding carboxylic acids is 1. The van der Waals surface area contributed by atoms with Crippen LogP contribution in [0.25, 0.3) is 10.2 Å². The Bertz CT molecular complexity index is 1090. The quantitative estimate of drug-likeness (QED) is 0.447. The van der Waals surface area contributed by atoms with Gasteiger partial charge in [0.25, 0.3) is 0 Å². The van der Waals surface area contributed by atoms with Crippen molar-refractivity contribution in [3.63, 3.8) is 0 Å². The second-order valence-electron chi connectivity index (χ2n) is 6.19. The van der Waals surface area contributed by atoms with Crippen molar-refractivity contribution < 1.29 is 4.79 Å². The van der Waals surface area contributed by atoms with Gasteiger partial charge in [-0.15, -0.1) is 11.3 Å². The molecule has 0 atom stereocenters. The number of nitrogens with zero attached hydrogens (tertiary/aromatic N) is 2. The van der Waals surface area contributed by atoms with Crippen molar-refractivity contribution in [2.24, 2.45) is 0 Å². The molecule has 4 aromatic rings. The van der Waals surface area contributed by atoms with Crippen LogP contribution in [0.3, 0.4) is 0 Å². The minimum atomic E-state index is -0.0446. The molecule has 1 amide bonds. The Morgan fingerprint density at radius 1 is 0.964 bits per heavy atom. The number of thiophene rings is 1. The Morgan fingerprint density at radius 3 is 2.46 bits per heavy atom. The molecule has 2 aromatic carbocycles. The molecule has 0 saturated carbocycles. The molecule has 0 fully saturated rings. The molecule has 0 spiro atoms. The third kappa shape index (κ3) is 4.10. The van der Waals surface area contributed by atoms with Crippen molar-refractivity contribution >= 4 is 50.6 Å². The van der Waals surface area contributed by atoms with Crippen LogP contribution < -0.4 is 16.0 Å². The molecule has 0 unspecified atom stereocenters. The second kappa shape index (κ2) is 8.06. The minimum Gasteiger partial charge on any atom is -0.372 e. The van der Waals surface area contributed by atoms with Gasteiger partial charge in [0.1, 0.15) is 5.82 Å². The number of hydrogen-bond donors (Lipinski definition) is 3. The maximum Gasteiger partial charge on any atom is 0.229 e. The number of anilines is 4. The van der Waals surface area contributed by atoms with Gasteiger partial charge in [0.2, 0.25) is 11.9 Å². The van der Waals surface area contributed by atoms with E-state index in [1.807, 2.05) is 73.1 Å². The van der Waals surface area contributed by atoms with Crippen LogP contribution >= 0.6 is 11.3 Å². The molecule has 7 heteroatoms. The number of carbonyl (C=O) groups is 1. The number of aromatic nitrogens is 2. The zero-order valence-corrected chi connectivity index (χ0v) is 16.1. The molecule has 0 aliphatic rings. The highest BCUT2D eigenvalue weighted by Gasteiger charge is 2.08. The molecular formula is C21H19N5OS. The number of nitrogens with one attached hydrogen (secondary N) is 3. The zero-order chi connectivity index (χ0) is 19.3. The predicted molar refractivity (Wildman–Crippen MR) is 115 cm³/mol. The van der Waals surface area contributed by atoms with E-state index in [1.165, 1.54) is 0 Å². The van der Waals surface area contributed by atoms with Crippen LogP contribution in [-0.4, -0.2) is 22.9 Å². The Balaban J connectivity index is 1.43. The summed E-state index contributed by atoms with van der Waals surface area (Å²) in [7, 11) is 1.85. The number of hydrogen-bond acceptors (Lipinski definition) is 6. The van der Waals surface area contributed by atoms with Gasteiger partial charge in [0.15, 0.2) is 0 Å². The highest BCUT2D eigenvalue weighted by atomic mass is 32.1. The van der Waals surface area contributed by atoms with Crippen molar-refractivity contribution in [3.8, 4) is 0 Å². The average Bonchev–Trinajstić information content (AvgIpc) is 3.18. The van der Waals surface area contributed by atoms with Gasteiger partial charge in [-0.05, 0) is 41.3 Å². The van der Waals surface area contributed by atoms with Gasteiger partial charge in [-0.2, -0.15) is 4.98 Å². The van der Waals surface area contributed by atoms with E-state index in [0.29, 0.717) is 12.4 Å². The second-order valence-corrected chi connectivity index (χ2v) is 7.11. The Hall–Kier alpha value is -3.45. The van der Waals surface area contributed by atoms with Crippen molar-refractivity contribution in [3.05, 3.63) is 71.6 Å². The molecule has 6 nitrogen and oxygen atoms in total. The number of amides is 1. The van der Waals surface area contributed by atoms with Crippen LogP contribution in [0.5, 0.6) is 0 Å². The van der Waals surface area contributed by atoms with Gasteiger partial charge in [0.05, 0.1) is 16.6 Å². The molecule has 28 heavy (non-hydrogen) atoms. The van der Waals surface area contributed by atoms with E-state index in [-0.39, 0.29) is 5.91 Å². The van der Waals surface area contributed by atoms with Crippen molar-refractivity contribution in [1.29, 1.82) is 0 Å². The number of rotatable bonds is 6. The van der Waals surface area contributed by atoms with Crippen LogP contribution in [0, 0.1) is 0 Å². The first-order valence-corrected chi connectivity index (χ1v) is 9.73. The van der Waals surface area contributed by atoms with Gasteiger partial charge in [0, 0.05) is 18.4 Å². The molecule has 0 saturated heterocycles. The molecule has 4 rings (SSSR count).